The molecule has 3 atom stereocenters. The Morgan fingerprint density at radius 2 is 2.04 bits per heavy atom. The number of benzene rings is 1. The minimum Gasteiger partial charge on any atom is -0.388 e. The number of anilines is 2. The van der Waals surface area contributed by atoms with E-state index in [1.54, 1.807) is 6.33 Å². The highest BCUT2D eigenvalue weighted by molar-refractivity contribution is 5.37. The lowest BCUT2D eigenvalue weighted by Crippen LogP contribution is -2.40. The summed E-state index contributed by atoms with van der Waals surface area (Å²) in [7, 11) is 0. The number of aliphatic hydroxyl groups is 1. The molecule has 1 aromatic heterocycles. The zero-order valence-corrected chi connectivity index (χ0v) is 15.6. The van der Waals surface area contributed by atoms with Crippen molar-refractivity contribution in [3.63, 3.8) is 0 Å². The average molecular weight is 368 g/mol. The van der Waals surface area contributed by atoms with Crippen molar-refractivity contribution < 1.29 is 5.11 Å². The van der Waals surface area contributed by atoms with Gasteiger partial charge in [0.15, 0.2) is 0 Å². The van der Waals surface area contributed by atoms with Crippen LogP contribution in [-0.4, -0.2) is 52.3 Å². The smallest absolute Gasteiger partial charge is 0.230 e. The molecule has 0 amide bonds. The SMILES string of the molecule is OC(c1ccccc1)C1CCCN(c2ncnc(NC3CCCNC3)n2)C1. The Morgan fingerprint density at radius 3 is 2.85 bits per heavy atom. The Kier molecular flexibility index (Phi) is 5.79. The molecule has 4 rings (SSSR count). The summed E-state index contributed by atoms with van der Waals surface area (Å²) in [5.41, 5.74) is 0.979. The lowest BCUT2D eigenvalue weighted by Gasteiger charge is -2.35. The Balaban J connectivity index is 1.42. The molecule has 0 spiro atoms. The van der Waals surface area contributed by atoms with Gasteiger partial charge in [0.05, 0.1) is 6.10 Å². The molecular formula is C20H28N6O. The Labute approximate surface area is 160 Å². The molecular weight excluding hydrogens is 340 g/mol. The summed E-state index contributed by atoms with van der Waals surface area (Å²) in [6.45, 7) is 3.69. The van der Waals surface area contributed by atoms with Gasteiger partial charge >= 0.3 is 0 Å². The average Bonchev–Trinajstić information content (AvgIpc) is 2.75. The number of hydrogen-bond acceptors (Lipinski definition) is 7. The third-order valence-corrected chi connectivity index (χ3v) is 5.52. The third kappa shape index (κ3) is 4.54. The summed E-state index contributed by atoms with van der Waals surface area (Å²) >= 11 is 0. The fourth-order valence-electron chi connectivity index (χ4n) is 4.04. The van der Waals surface area contributed by atoms with Crippen molar-refractivity contribution in [2.75, 3.05) is 36.4 Å². The van der Waals surface area contributed by atoms with E-state index in [1.807, 2.05) is 30.3 Å². The van der Waals surface area contributed by atoms with Gasteiger partial charge < -0.3 is 20.6 Å². The van der Waals surface area contributed by atoms with Crippen molar-refractivity contribution in [1.82, 2.24) is 20.3 Å². The molecule has 3 heterocycles. The number of nitrogens with one attached hydrogen (secondary N) is 2. The maximum atomic E-state index is 10.8. The first kappa shape index (κ1) is 18.1. The Morgan fingerprint density at radius 1 is 1.15 bits per heavy atom. The minimum absolute atomic E-state index is 0.178. The van der Waals surface area contributed by atoms with E-state index in [1.165, 1.54) is 6.42 Å². The number of rotatable bonds is 5. The van der Waals surface area contributed by atoms with E-state index >= 15 is 0 Å². The van der Waals surface area contributed by atoms with Crippen LogP contribution >= 0.6 is 0 Å². The second kappa shape index (κ2) is 8.63. The van der Waals surface area contributed by atoms with Crippen LogP contribution in [0.5, 0.6) is 0 Å². The van der Waals surface area contributed by atoms with Crippen LogP contribution < -0.4 is 15.5 Å². The molecule has 0 aliphatic carbocycles. The minimum atomic E-state index is -0.457. The first-order chi connectivity index (χ1) is 13.3. The highest BCUT2D eigenvalue weighted by atomic mass is 16.3. The molecule has 2 aromatic rings. The van der Waals surface area contributed by atoms with Crippen molar-refractivity contribution in [3.05, 3.63) is 42.2 Å². The summed E-state index contributed by atoms with van der Waals surface area (Å²) in [6, 6.07) is 10.3. The number of aromatic nitrogens is 3. The number of hydrogen-bond donors (Lipinski definition) is 3. The van der Waals surface area contributed by atoms with Crippen LogP contribution in [0.2, 0.25) is 0 Å². The predicted molar refractivity (Wildman–Crippen MR) is 106 cm³/mol. The molecule has 3 N–H and O–H groups in total. The van der Waals surface area contributed by atoms with Crippen molar-refractivity contribution in [2.45, 2.75) is 37.8 Å². The van der Waals surface area contributed by atoms with Crippen molar-refractivity contribution >= 4 is 11.9 Å². The standard InChI is InChI=1S/C20H28N6O/c27-18(15-6-2-1-3-7-15)16-8-5-11-26(13-16)20-23-14-22-19(25-20)24-17-9-4-10-21-12-17/h1-3,6-7,14,16-18,21,27H,4-5,8-13H2,(H,22,23,24,25). The fourth-order valence-corrected chi connectivity index (χ4v) is 4.04. The fraction of sp³-hybridized carbons (Fsp3) is 0.550. The number of nitrogens with zero attached hydrogens (tertiary/aromatic N) is 4. The van der Waals surface area contributed by atoms with Crippen molar-refractivity contribution in [2.24, 2.45) is 5.92 Å². The summed E-state index contributed by atoms with van der Waals surface area (Å²) in [4.78, 5) is 15.5. The third-order valence-electron chi connectivity index (χ3n) is 5.52. The van der Waals surface area contributed by atoms with Crippen LogP contribution in [0.15, 0.2) is 36.7 Å². The molecule has 0 bridgehead atoms. The van der Waals surface area contributed by atoms with Crippen LogP contribution in [0, 0.1) is 5.92 Å². The zero-order valence-electron chi connectivity index (χ0n) is 15.6. The van der Waals surface area contributed by atoms with E-state index in [0.717, 1.165) is 51.0 Å². The molecule has 27 heavy (non-hydrogen) atoms. The monoisotopic (exact) mass is 368 g/mol. The van der Waals surface area contributed by atoms with Gasteiger partial charge in [-0.3, -0.25) is 0 Å². The number of piperidine rings is 2. The molecule has 0 saturated carbocycles. The second-order valence-corrected chi connectivity index (χ2v) is 7.50. The largest absolute Gasteiger partial charge is 0.388 e. The Hall–Kier alpha value is -2.25. The molecule has 2 saturated heterocycles. The van der Waals surface area contributed by atoms with Crippen LogP contribution in [-0.2, 0) is 0 Å². The number of aliphatic hydroxyl groups excluding tert-OH is 1. The predicted octanol–water partition coefficient (Wildman–Crippen LogP) is 1.99. The van der Waals surface area contributed by atoms with E-state index in [4.69, 9.17) is 0 Å². The zero-order chi connectivity index (χ0) is 18.5. The molecule has 1 aromatic carbocycles. The van der Waals surface area contributed by atoms with Gasteiger partial charge in [0.25, 0.3) is 0 Å². The van der Waals surface area contributed by atoms with Gasteiger partial charge in [-0.2, -0.15) is 4.98 Å². The van der Waals surface area contributed by atoms with Gasteiger partial charge in [-0.1, -0.05) is 30.3 Å². The molecule has 144 valence electrons. The van der Waals surface area contributed by atoms with Crippen LogP contribution in [0.1, 0.15) is 37.4 Å². The molecule has 0 radical (unpaired) electrons. The maximum absolute atomic E-state index is 10.8. The maximum Gasteiger partial charge on any atom is 0.230 e. The van der Waals surface area contributed by atoms with Gasteiger partial charge in [0.1, 0.15) is 6.33 Å². The summed E-state index contributed by atoms with van der Waals surface area (Å²) in [5, 5.41) is 17.6. The van der Waals surface area contributed by atoms with Gasteiger partial charge in [-0.25, -0.2) is 9.97 Å². The van der Waals surface area contributed by atoms with E-state index in [-0.39, 0.29) is 5.92 Å². The van der Waals surface area contributed by atoms with Crippen molar-refractivity contribution in [3.8, 4) is 0 Å². The van der Waals surface area contributed by atoms with E-state index in [0.29, 0.717) is 17.9 Å². The van der Waals surface area contributed by atoms with E-state index in [2.05, 4.69) is 30.5 Å². The van der Waals surface area contributed by atoms with Crippen LogP contribution in [0.3, 0.4) is 0 Å². The van der Waals surface area contributed by atoms with Gasteiger partial charge in [-0.05, 0) is 37.8 Å². The highest BCUT2D eigenvalue weighted by Crippen LogP contribution is 2.31. The second-order valence-electron chi connectivity index (χ2n) is 7.50. The van der Waals surface area contributed by atoms with Gasteiger partial charge in [0.2, 0.25) is 11.9 Å². The van der Waals surface area contributed by atoms with Crippen LogP contribution in [0.25, 0.3) is 0 Å². The van der Waals surface area contributed by atoms with Gasteiger partial charge in [-0.15, -0.1) is 0 Å². The lowest BCUT2D eigenvalue weighted by molar-refractivity contribution is 0.0978. The van der Waals surface area contributed by atoms with Gasteiger partial charge in [0, 0.05) is 31.6 Å². The van der Waals surface area contributed by atoms with Crippen LogP contribution in [0.4, 0.5) is 11.9 Å². The van der Waals surface area contributed by atoms with E-state index < -0.39 is 6.10 Å². The lowest BCUT2D eigenvalue weighted by atomic mass is 9.89. The Bertz CT molecular complexity index is 721. The molecule has 2 fully saturated rings. The summed E-state index contributed by atoms with van der Waals surface area (Å²) in [5.74, 6) is 1.51. The molecule has 2 aliphatic rings. The molecule has 2 aliphatic heterocycles. The molecule has 3 unspecified atom stereocenters. The first-order valence-corrected chi connectivity index (χ1v) is 9.94. The normalized spacial score (nSPS) is 24.4. The summed E-state index contributed by atoms with van der Waals surface area (Å²) in [6.07, 6.45) is 5.45. The molecule has 7 nitrogen and oxygen atoms in total. The highest BCUT2D eigenvalue weighted by Gasteiger charge is 2.28. The topological polar surface area (TPSA) is 86.2 Å². The van der Waals surface area contributed by atoms with Crippen molar-refractivity contribution in [1.29, 1.82) is 0 Å². The summed E-state index contributed by atoms with van der Waals surface area (Å²) < 4.78 is 0. The molecule has 7 heteroatoms. The quantitative estimate of drug-likeness (QED) is 0.744. The van der Waals surface area contributed by atoms with E-state index in [9.17, 15) is 5.11 Å². The first-order valence-electron chi connectivity index (χ1n) is 9.94.